The average Bonchev–Trinajstić information content (AvgIpc) is 2.32. The van der Waals surface area contributed by atoms with Crippen LogP contribution < -0.4 is 10.5 Å². The van der Waals surface area contributed by atoms with Crippen LogP contribution in [0.4, 0.5) is 4.39 Å². The van der Waals surface area contributed by atoms with Gasteiger partial charge in [-0.15, -0.1) is 0 Å². The lowest BCUT2D eigenvalue weighted by Crippen LogP contribution is -2.13. The first-order chi connectivity index (χ1) is 8.99. The standard InChI is InChI=1S/C13H9Br2FN2O/c14-8-2-1-3-11(12(8)13(17)18)19-10-5-4-7(16)6-9(10)15/h1-6H,(H3,17,18). The van der Waals surface area contributed by atoms with E-state index in [4.69, 9.17) is 15.9 Å². The Labute approximate surface area is 126 Å². The monoisotopic (exact) mass is 386 g/mol. The van der Waals surface area contributed by atoms with Gasteiger partial charge in [0.25, 0.3) is 0 Å². The van der Waals surface area contributed by atoms with Gasteiger partial charge in [0.1, 0.15) is 23.2 Å². The molecule has 0 saturated carbocycles. The maximum atomic E-state index is 13.0. The molecule has 3 nitrogen and oxygen atoms in total. The zero-order valence-corrected chi connectivity index (χ0v) is 12.8. The summed E-state index contributed by atoms with van der Waals surface area (Å²) in [5.41, 5.74) is 5.99. The van der Waals surface area contributed by atoms with E-state index in [1.165, 1.54) is 18.2 Å². The number of nitrogen functional groups attached to an aromatic ring is 1. The van der Waals surface area contributed by atoms with Gasteiger partial charge in [0.15, 0.2) is 0 Å². The Morgan fingerprint density at radius 2 is 1.84 bits per heavy atom. The number of amidine groups is 1. The van der Waals surface area contributed by atoms with Crippen molar-refractivity contribution < 1.29 is 9.13 Å². The number of benzene rings is 2. The van der Waals surface area contributed by atoms with E-state index in [9.17, 15) is 4.39 Å². The van der Waals surface area contributed by atoms with Crippen LogP contribution in [0.25, 0.3) is 0 Å². The summed E-state index contributed by atoms with van der Waals surface area (Å²) in [6, 6.07) is 9.33. The minimum atomic E-state index is -0.361. The maximum absolute atomic E-state index is 13.0. The molecular weight excluding hydrogens is 379 g/mol. The molecule has 0 aromatic heterocycles. The van der Waals surface area contributed by atoms with Crippen LogP contribution in [-0.2, 0) is 0 Å². The first-order valence-corrected chi connectivity index (χ1v) is 6.83. The second kappa shape index (κ2) is 5.71. The lowest BCUT2D eigenvalue weighted by molar-refractivity contribution is 0.476. The van der Waals surface area contributed by atoms with Gasteiger partial charge in [0.05, 0.1) is 10.0 Å². The fourth-order valence-electron chi connectivity index (χ4n) is 1.53. The summed E-state index contributed by atoms with van der Waals surface area (Å²) in [6.07, 6.45) is 0. The number of hydrogen-bond donors (Lipinski definition) is 2. The lowest BCUT2D eigenvalue weighted by atomic mass is 10.2. The van der Waals surface area contributed by atoms with Crippen LogP contribution in [0, 0.1) is 11.2 Å². The summed E-state index contributed by atoms with van der Waals surface area (Å²) in [5.74, 6) is 0.400. The van der Waals surface area contributed by atoms with Crippen LogP contribution in [0.15, 0.2) is 45.3 Å². The molecule has 6 heteroatoms. The van der Waals surface area contributed by atoms with E-state index in [0.717, 1.165) is 0 Å². The number of nitrogens with two attached hydrogens (primary N) is 1. The number of rotatable bonds is 3. The van der Waals surface area contributed by atoms with Crippen molar-refractivity contribution in [1.82, 2.24) is 0 Å². The van der Waals surface area contributed by atoms with Crippen molar-refractivity contribution in [2.45, 2.75) is 0 Å². The Hall–Kier alpha value is -1.40. The topological polar surface area (TPSA) is 59.1 Å². The number of hydrogen-bond acceptors (Lipinski definition) is 2. The first-order valence-electron chi connectivity index (χ1n) is 5.25. The second-order valence-corrected chi connectivity index (χ2v) is 5.41. The SMILES string of the molecule is N=C(N)c1c(Br)cccc1Oc1ccc(F)cc1Br. The molecule has 2 aromatic rings. The Balaban J connectivity index is 2.44. The normalized spacial score (nSPS) is 10.3. The lowest BCUT2D eigenvalue weighted by Gasteiger charge is -2.12. The molecule has 98 valence electrons. The predicted molar refractivity (Wildman–Crippen MR) is 79.3 cm³/mol. The van der Waals surface area contributed by atoms with Gasteiger partial charge in [-0.05, 0) is 62.2 Å². The van der Waals surface area contributed by atoms with Crippen molar-refractivity contribution in [1.29, 1.82) is 5.41 Å². The van der Waals surface area contributed by atoms with Gasteiger partial charge in [0.2, 0.25) is 0 Å². The Kier molecular flexibility index (Phi) is 4.21. The van der Waals surface area contributed by atoms with Crippen LogP contribution in [0.3, 0.4) is 0 Å². The fraction of sp³-hybridized carbons (Fsp3) is 0. The van der Waals surface area contributed by atoms with E-state index in [1.807, 2.05) is 0 Å². The van der Waals surface area contributed by atoms with Crippen molar-refractivity contribution >= 4 is 37.7 Å². The summed E-state index contributed by atoms with van der Waals surface area (Å²) in [5, 5.41) is 7.57. The minimum absolute atomic E-state index is 0.110. The molecule has 0 fully saturated rings. The van der Waals surface area contributed by atoms with Gasteiger partial charge in [-0.25, -0.2) is 4.39 Å². The molecule has 0 heterocycles. The highest BCUT2D eigenvalue weighted by molar-refractivity contribution is 9.10. The van der Waals surface area contributed by atoms with Crippen molar-refractivity contribution in [3.05, 3.63) is 56.7 Å². The third-order valence-electron chi connectivity index (χ3n) is 2.36. The molecule has 0 aliphatic carbocycles. The summed E-state index contributed by atoms with van der Waals surface area (Å²) < 4.78 is 19.8. The quantitative estimate of drug-likeness (QED) is 0.604. The van der Waals surface area contributed by atoms with E-state index >= 15 is 0 Å². The summed E-state index contributed by atoms with van der Waals surface area (Å²) in [4.78, 5) is 0. The van der Waals surface area contributed by atoms with E-state index in [0.29, 0.717) is 26.0 Å². The molecule has 0 amide bonds. The Morgan fingerprint density at radius 1 is 1.11 bits per heavy atom. The molecule has 3 N–H and O–H groups in total. The molecule has 0 bridgehead atoms. The first kappa shape index (κ1) is 14.0. The number of nitrogens with one attached hydrogen (secondary N) is 1. The molecule has 0 aliphatic heterocycles. The molecular formula is C13H9Br2FN2O. The van der Waals surface area contributed by atoms with Gasteiger partial charge in [-0.3, -0.25) is 5.41 Å². The van der Waals surface area contributed by atoms with E-state index in [2.05, 4.69) is 31.9 Å². The Morgan fingerprint density at radius 3 is 2.47 bits per heavy atom. The summed E-state index contributed by atoms with van der Waals surface area (Å²) in [6.45, 7) is 0. The van der Waals surface area contributed by atoms with E-state index in [1.54, 1.807) is 18.2 Å². The predicted octanol–water partition coefficient (Wildman–Crippen LogP) is 4.43. The maximum Gasteiger partial charge on any atom is 0.141 e. The molecule has 2 aromatic carbocycles. The molecule has 0 unspecified atom stereocenters. The highest BCUT2D eigenvalue weighted by Crippen LogP contribution is 2.34. The van der Waals surface area contributed by atoms with Crippen molar-refractivity contribution in [2.24, 2.45) is 5.73 Å². The second-order valence-electron chi connectivity index (χ2n) is 3.70. The molecule has 0 radical (unpaired) electrons. The van der Waals surface area contributed by atoms with Gasteiger partial charge in [-0.2, -0.15) is 0 Å². The molecule has 2 rings (SSSR count). The summed E-state index contributed by atoms with van der Waals surface area (Å²) >= 11 is 6.54. The molecule has 19 heavy (non-hydrogen) atoms. The van der Waals surface area contributed by atoms with Crippen molar-refractivity contribution in [3.8, 4) is 11.5 Å². The van der Waals surface area contributed by atoms with E-state index in [-0.39, 0.29) is 11.7 Å². The average molecular weight is 388 g/mol. The third kappa shape index (κ3) is 3.13. The van der Waals surface area contributed by atoms with E-state index < -0.39 is 0 Å². The fourth-order valence-corrected chi connectivity index (χ4v) is 2.52. The van der Waals surface area contributed by atoms with Crippen LogP contribution in [-0.4, -0.2) is 5.84 Å². The summed E-state index contributed by atoms with van der Waals surface area (Å²) in [7, 11) is 0. The minimum Gasteiger partial charge on any atom is -0.455 e. The molecule has 0 saturated heterocycles. The third-order valence-corrected chi connectivity index (χ3v) is 3.64. The van der Waals surface area contributed by atoms with Crippen LogP contribution in [0.5, 0.6) is 11.5 Å². The Bertz CT molecular complexity index is 647. The van der Waals surface area contributed by atoms with Gasteiger partial charge < -0.3 is 10.5 Å². The van der Waals surface area contributed by atoms with Crippen LogP contribution in [0.2, 0.25) is 0 Å². The number of ether oxygens (including phenoxy) is 1. The zero-order chi connectivity index (χ0) is 14.0. The van der Waals surface area contributed by atoms with Crippen molar-refractivity contribution in [2.75, 3.05) is 0 Å². The highest BCUT2D eigenvalue weighted by atomic mass is 79.9. The van der Waals surface area contributed by atoms with Gasteiger partial charge in [0, 0.05) is 4.47 Å². The van der Waals surface area contributed by atoms with Crippen molar-refractivity contribution in [3.63, 3.8) is 0 Å². The molecule has 0 aliphatic rings. The van der Waals surface area contributed by atoms with Crippen LogP contribution >= 0.6 is 31.9 Å². The highest BCUT2D eigenvalue weighted by Gasteiger charge is 2.13. The largest absolute Gasteiger partial charge is 0.455 e. The van der Waals surface area contributed by atoms with Crippen LogP contribution in [0.1, 0.15) is 5.56 Å². The van der Waals surface area contributed by atoms with Gasteiger partial charge in [-0.1, -0.05) is 6.07 Å². The molecule has 0 spiro atoms. The van der Waals surface area contributed by atoms with Gasteiger partial charge >= 0.3 is 0 Å². The zero-order valence-electron chi connectivity index (χ0n) is 9.58. The number of halogens is 3. The molecule has 0 atom stereocenters. The smallest absolute Gasteiger partial charge is 0.141 e.